The van der Waals surface area contributed by atoms with E-state index in [-0.39, 0.29) is 5.56 Å². The van der Waals surface area contributed by atoms with E-state index >= 15 is 0 Å². The first-order valence-corrected chi connectivity index (χ1v) is 5.40. The van der Waals surface area contributed by atoms with E-state index in [4.69, 9.17) is 0 Å². The van der Waals surface area contributed by atoms with Crippen LogP contribution in [0.2, 0.25) is 0 Å². The minimum absolute atomic E-state index is 0.150. The first kappa shape index (κ1) is 13.2. The number of aliphatic imine (C=N–C) groups is 1. The van der Waals surface area contributed by atoms with Crippen molar-refractivity contribution in [1.82, 2.24) is 0 Å². The molecule has 0 saturated carbocycles. The lowest BCUT2D eigenvalue weighted by atomic mass is 10.1. The molecule has 0 aliphatic carbocycles. The molecule has 1 rings (SSSR count). The van der Waals surface area contributed by atoms with Gasteiger partial charge in [-0.15, -0.1) is 0 Å². The summed E-state index contributed by atoms with van der Waals surface area (Å²) in [5, 5.41) is 0. The van der Waals surface area contributed by atoms with Crippen molar-refractivity contribution in [3.63, 3.8) is 0 Å². The monoisotopic (exact) mass is 293 g/mol. The molecule has 0 spiro atoms. The summed E-state index contributed by atoms with van der Waals surface area (Å²) >= 11 is 3.06. The smallest absolute Gasteiger partial charge is 0.258 e. The maximum absolute atomic E-state index is 12.7. The van der Waals surface area contributed by atoms with Crippen molar-refractivity contribution < 1.29 is 13.2 Å². The molecule has 1 nitrogen and oxygen atoms in total. The molecule has 0 radical (unpaired) electrons. The predicted octanol–water partition coefficient (Wildman–Crippen LogP) is 4.89. The second-order valence-electron chi connectivity index (χ2n) is 3.65. The number of rotatable bonds is 1. The third kappa shape index (κ3) is 3.07. The first-order valence-electron chi connectivity index (χ1n) is 4.61. The van der Waals surface area contributed by atoms with Gasteiger partial charge in [0, 0.05) is 10.2 Å². The van der Waals surface area contributed by atoms with Crippen molar-refractivity contribution in [2.75, 3.05) is 0 Å². The van der Waals surface area contributed by atoms with Crippen LogP contribution < -0.4 is 0 Å². The third-order valence-electron chi connectivity index (χ3n) is 1.99. The van der Waals surface area contributed by atoms with Crippen molar-refractivity contribution in [2.45, 2.75) is 26.9 Å². The fourth-order valence-electron chi connectivity index (χ4n) is 1.32. The summed E-state index contributed by atoms with van der Waals surface area (Å²) in [6, 6.07) is 2.65. The molecule has 0 aromatic heterocycles. The van der Waals surface area contributed by atoms with Crippen LogP contribution in [0.3, 0.4) is 0 Å². The Hall–Kier alpha value is -0.840. The van der Waals surface area contributed by atoms with Gasteiger partial charge in [0.05, 0.1) is 11.3 Å². The van der Waals surface area contributed by atoms with E-state index in [9.17, 15) is 13.2 Å². The fraction of sp³-hybridized carbons (Fsp3) is 0.364. The highest BCUT2D eigenvalue weighted by molar-refractivity contribution is 9.10. The van der Waals surface area contributed by atoms with E-state index in [0.29, 0.717) is 15.9 Å². The van der Waals surface area contributed by atoms with E-state index in [2.05, 4.69) is 20.9 Å². The Kier molecular flexibility index (Phi) is 3.78. The van der Waals surface area contributed by atoms with Gasteiger partial charge in [-0.1, -0.05) is 15.9 Å². The van der Waals surface area contributed by atoms with Crippen molar-refractivity contribution in [3.05, 3.63) is 27.7 Å². The average Bonchev–Trinajstić information content (AvgIpc) is 2.07. The zero-order valence-corrected chi connectivity index (χ0v) is 10.7. The van der Waals surface area contributed by atoms with Gasteiger partial charge in [0.1, 0.15) is 0 Å². The number of alkyl halides is 3. The third-order valence-corrected chi connectivity index (χ3v) is 2.45. The molecule has 0 atom stereocenters. The van der Waals surface area contributed by atoms with Crippen LogP contribution in [0.4, 0.5) is 18.9 Å². The standard InChI is InChI=1S/C11H11BrF3N/c1-6(2)16-10-5-8(12)4-9(7(10)3)11(13,14)15/h4-5H,1-3H3. The van der Waals surface area contributed by atoms with Gasteiger partial charge >= 0.3 is 6.18 Å². The molecule has 1 aromatic carbocycles. The molecule has 0 aliphatic rings. The summed E-state index contributed by atoms with van der Waals surface area (Å²) in [6.45, 7) is 4.91. The van der Waals surface area contributed by atoms with Crippen LogP contribution in [0.5, 0.6) is 0 Å². The molecule has 0 aliphatic heterocycles. The summed E-state index contributed by atoms with van der Waals surface area (Å²) in [5.74, 6) is 0. The van der Waals surface area contributed by atoms with Crippen LogP contribution in [0.1, 0.15) is 25.0 Å². The summed E-state index contributed by atoms with van der Waals surface area (Å²) in [5.41, 5.74) is 0.565. The summed E-state index contributed by atoms with van der Waals surface area (Å²) in [7, 11) is 0. The Morgan fingerprint density at radius 1 is 1.25 bits per heavy atom. The second kappa shape index (κ2) is 4.57. The van der Waals surface area contributed by atoms with Gasteiger partial charge in [-0.05, 0) is 38.5 Å². The molecule has 0 bridgehead atoms. The highest BCUT2D eigenvalue weighted by Crippen LogP contribution is 2.38. The molecule has 0 heterocycles. The zero-order valence-electron chi connectivity index (χ0n) is 9.11. The highest BCUT2D eigenvalue weighted by Gasteiger charge is 2.33. The van der Waals surface area contributed by atoms with Gasteiger partial charge in [0.15, 0.2) is 0 Å². The summed E-state index contributed by atoms with van der Waals surface area (Å²) in [6.07, 6.45) is -4.35. The number of nitrogens with zero attached hydrogens (tertiary/aromatic N) is 1. The lowest BCUT2D eigenvalue weighted by molar-refractivity contribution is -0.138. The number of hydrogen-bond acceptors (Lipinski definition) is 1. The second-order valence-corrected chi connectivity index (χ2v) is 4.57. The molecule has 0 N–H and O–H groups in total. The molecular formula is C11H11BrF3N. The minimum Gasteiger partial charge on any atom is -0.258 e. The van der Waals surface area contributed by atoms with Crippen molar-refractivity contribution in [3.8, 4) is 0 Å². The summed E-state index contributed by atoms with van der Waals surface area (Å²) in [4.78, 5) is 4.08. The van der Waals surface area contributed by atoms with Gasteiger partial charge in [-0.3, -0.25) is 4.99 Å². The molecule has 16 heavy (non-hydrogen) atoms. The van der Waals surface area contributed by atoms with E-state index in [1.165, 1.54) is 6.92 Å². The van der Waals surface area contributed by atoms with E-state index < -0.39 is 11.7 Å². The average molecular weight is 294 g/mol. The molecule has 0 saturated heterocycles. The lowest BCUT2D eigenvalue weighted by Gasteiger charge is -2.13. The number of hydrogen-bond donors (Lipinski definition) is 0. The molecule has 88 valence electrons. The Morgan fingerprint density at radius 3 is 2.25 bits per heavy atom. The van der Waals surface area contributed by atoms with Gasteiger partial charge in [-0.25, -0.2) is 0 Å². The quantitative estimate of drug-likeness (QED) is 0.654. The largest absolute Gasteiger partial charge is 0.416 e. The number of benzene rings is 1. The lowest BCUT2D eigenvalue weighted by Crippen LogP contribution is -2.07. The van der Waals surface area contributed by atoms with Crippen molar-refractivity contribution >= 4 is 27.3 Å². The Morgan fingerprint density at radius 2 is 1.81 bits per heavy atom. The van der Waals surface area contributed by atoms with Crippen LogP contribution in [-0.4, -0.2) is 5.71 Å². The zero-order chi connectivity index (χ0) is 12.5. The normalized spacial score (nSPS) is 11.4. The van der Waals surface area contributed by atoms with Crippen LogP contribution in [0, 0.1) is 6.92 Å². The topological polar surface area (TPSA) is 12.4 Å². The van der Waals surface area contributed by atoms with Gasteiger partial charge in [-0.2, -0.15) is 13.2 Å². The van der Waals surface area contributed by atoms with Crippen LogP contribution in [0.25, 0.3) is 0 Å². The fourth-order valence-corrected chi connectivity index (χ4v) is 1.76. The maximum atomic E-state index is 12.7. The molecule has 0 fully saturated rings. The van der Waals surface area contributed by atoms with Crippen molar-refractivity contribution in [2.24, 2.45) is 4.99 Å². The van der Waals surface area contributed by atoms with Gasteiger partial charge < -0.3 is 0 Å². The Balaban J connectivity index is 3.44. The van der Waals surface area contributed by atoms with E-state index in [1.54, 1.807) is 19.9 Å². The molecule has 0 unspecified atom stereocenters. The van der Waals surface area contributed by atoms with Gasteiger partial charge in [0.2, 0.25) is 0 Å². The molecule has 0 amide bonds. The van der Waals surface area contributed by atoms with E-state index in [1.807, 2.05) is 0 Å². The maximum Gasteiger partial charge on any atom is 0.416 e. The molecule has 1 aromatic rings. The van der Waals surface area contributed by atoms with E-state index in [0.717, 1.165) is 6.07 Å². The van der Waals surface area contributed by atoms with Crippen LogP contribution >= 0.6 is 15.9 Å². The highest BCUT2D eigenvalue weighted by atomic mass is 79.9. The molecule has 5 heteroatoms. The van der Waals surface area contributed by atoms with Crippen molar-refractivity contribution in [1.29, 1.82) is 0 Å². The Labute approximate surface area is 101 Å². The molecular weight excluding hydrogens is 283 g/mol. The minimum atomic E-state index is -4.35. The van der Waals surface area contributed by atoms with Gasteiger partial charge in [0.25, 0.3) is 0 Å². The SMILES string of the molecule is CC(C)=Nc1cc(Br)cc(C(F)(F)F)c1C. The van der Waals surface area contributed by atoms with Crippen LogP contribution in [-0.2, 0) is 6.18 Å². The summed E-state index contributed by atoms with van der Waals surface area (Å²) < 4.78 is 38.4. The predicted molar refractivity (Wildman–Crippen MR) is 62.3 cm³/mol. The van der Waals surface area contributed by atoms with Crippen LogP contribution in [0.15, 0.2) is 21.6 Å². The number of halogens is 4. The first-order chi connectivity index (χ1) is 7.21. The Bertz CT molecular complexity index is 432.